The molecular weight excluding hydrogens is 366 g/mol. The van der Waals surface area contributed by atoms with Crippen LogP contribution in [0.25, 0.3) is 0 Å². The highest BCUT2D eigenvalue weighted by Gasteiger charge is 2.25. The highest BCUT2D eigenvalue weighted by Crippen LogP contribution is 2.37. The van der Waals surface area contributed by atoms with Crippen LogP contribution in [0.1, 0.15) is 41.9 Å². The van der Waals surface area contributed by atoms with Crippen molar-refractivity contribution in [1.82, 2.24) is 4.90 Å². The predicted molar refractivity (Wildman–Crippen MR) is 120 cm³/mol. The zero-order valence-corrected chi connectivity index (χ0v) is 17.5. The minimum atomic E-state index is 0.679. The summed E-state index contributed by atoms with van der Waals surface area (Å²) in [7, 11) is 0. The van der Waals surface area contributed by atoms with Gasteiger partial charge in [-0.3, -0.25) is 4.90 Å². The van der Waals surface area contributed by atoms with Gasteiger partial charge in [-0.15, -0.1) is 0 Å². The average Bonchev–Trinajstić information content (AvgIpc) is 2.68. The lowest BCUT2D eigenvalue weighted by Crippen LogP contribution is -2.39. The van der Waals surface area contributed by atoms with Gasteiger partial charge in [0.05, 0.1) is 11.4 Å². The van der Waals surface area contributed by atoms with E-state index in [-0.39, 0.29) is 0 Å². The van der Waals surface area contributed by atoms with Gasteiger partial charge in [0.25, 0.3) is 0 Å². The Morgan fingerprint density at radius 1 is 1.14 bits per heavy atom. The third-order valence-corrected chi connectivity index (χ3v) is 6.42. The van der Waals surface area contributed by atoms with Gasteiger partial charge in [0, 0.05) is 23.8 Å². The van der Waals surface area contributed by atoms with Gasteiger partial charge in [-0.05, 0) is 74.9 Å². The first-order valence-electron chi connectivity index (χ1n) is 10.3. The average molecular weight is 396 g/mol. The van der Waals surface area contributed by atoms with Crippen LogP contribution in [0.4, 0.5) is 11.4 Å². The second-order valence-corrected chi connectivity index (χ2v) is 8.72. The second-order valence-electron chi connectivity index (χ2n) is 8.29. The summed E-state index contributed by atoms with van der Waals surface area (Å²) < 4.78 is 0. The molecule has 2 aromatic carbocycles. The Bertz CT molecular complexity index is 851. The summed E-state index contributed by atoms with van der Waals surface area (Å²) in [5, 5.41) is 0.724. The molecular formula is C24H30ClN3. The van der Waals surface area contributed by atoms with Crippen LogP contribution in [-0.2, 0) is 6.42 Å². The fraction of sp³-hybridized carbons (Fsp3) is 0.417. The van der Waals surface area contributed by atoms with Crippen LogP contribution in [0.3, 0.4) is 0 Å². The number of nitrogen functional groups attached to an aromatic ring is 1. The highest BCUT2D eigenvalue weighted by atomic mass is 35.5. The predicted octanol–water partition coefficient (Wildman–Crippen LogP) is 5.38. The molecule has 4 heteroatoms. The molecule has 0 unspecified atom stereocenters. The summed E-state index contributed by atoms with van der Waals surface area (Å²) >= 11 is 6.21. The quantitative estimate of drug-likeness (QED) is 0.705. The zero-order valence-electron chi connectivity index (χ0n) is 16.8. The molecule has 2 heterocycles. The molecule has 0 aromatic heterocycles. The lowest BCUT2D eigenvalue weighted by Gasteiger charge is -2.38. The molecule has 0 atom stereocenters. The highest BCUT2D eigenvalue weighted by molar-refractivity contribution is 6.31. The first-order chi connectivity index (χ1) is 13.5. The fourth-order valence-electron chi connectivity index (χ4n) is 4.66. The van der Waals surface area contributed by atoms with Gasteiger partial charge in [-0.2, -0.15) is 0 Å². The van der Waals surface area contributed by atoms with E-state index in [0.29, 0.717) is 5.92 Å². The van der Waals surface area contributed by atoms with E-state index in [1.165, 1.54) is 29.5 Å². The fourth-order valence-corrected chi connectivity index (χ4v) is 4.91. The summed E-state index contributed by atoms with van der Waals surface area (Å²) in [6.07, 6.45) is 4.57. The first kappa shape index (κ1) is 19.4. The molecule has 0 bridgehead atoms. The number of hydrogen-bond donors (Lipinski definition) is 1. The molecule has 0 amide bonds. The Balaban J connectivity index is 1.39. The van der Waals surface area contributed by atoms with Gasteiger partial charge in [-0.1, -0.05) is 48.0 Å². The van der Waals surface area contributed by atoms with Gasteiger partial charge < -0.3 is 10.6 Å². The molecule has 28 heavy (non-hydrogen) atoms. The topological polar surface area (TPSA) is 32.5 Å². The van der Waals surface area contributed by atoms with Gasteiger partial charge in [0.15, 0.2) is 0 Å². The summed E-state index contributed by atoms with van der Waals surface area (Å²) in [5.74, 6) is 0.679. The van der Waals surface area contributed by atoms with Crippen LogP contribution in [0.15, 0.2) is 48.7 Å². The minimum absolute atomic E-state index is 0.679. The van der Waals surface area contributed by atoms with Crippen LogP contribution >= 0.6 is 11.6 Å². The molecule has 0 radical (unpaired) electrons. The lowest BCUT2D eigenvalue weighted by atomic mass is 9.89. The Morgan fingerprint density at radius 2 is 1.86 bits per heavy atom. The third-order valence-electron chi connectivity index (χ3n) is 6.21. The maximum atomic E-state index is 6.32. The number of halogens is 1. The van der Waals surface area contributed by atoms with Crippen LogP contribution in [0.5, 0.6) is 0 Å². The van der Waals surface area contributed by atoms with E-state index in [4.69, 9.17) is 17.3 Å². The standard InChI is InChI=1S/C24H30ClN3/c1-17-5-7-19(8-6-17)20-9-12-27(13-10-20)16-18(2)28-11-3-4-21-14-22(25)15-23(26)24(21)28/h5-8,14-15,20H,2-4,9-13,16,26H2,1H3. The smallest absolute Gasteiger partial charge is 0.0675 e. The van der Waals surface area contributed by atoms with E-state index in [2.05, 4.69) is 53.6 Å². The van der Waals surface area contributed by atoms with Crippen molar-refractivity contribution in [2.24, 2.45) is 0 Å². The van der Waals surface area contributed by atoms with Gasteiger partial charge >= 0.3 is 0 Å². The molecule has 148 valence electrons. The lowest BCUT2D eigenvalue weighted by molar-refractivity contribution is 0.227. The first-order valence-corrected chi connectivity index (χ1v) is 10.7. The van der Waals surface area contributed by atoms with E-state index >= 15 is 0 Å². The van der Waals surface area contributed by atoms with Crippen molar-refractivity contribution in [3.63, 3.8) is 0 Å². The van der Waals surface area contributed by atoms with Crippen molar-refractivity contribution in [2.75, 3.05) is 36.8 Å². The van der Waals surface area contributed by atoms with Gasteiger partial charge in [-0.25, -0.2) is 0 Å². The molecule has 2 aliphatic rings. The molecule has 2 aliphatic heterocycles. The molecule has 2 aromatic rings. The van der Waals surface area contributed by atoms with E-state index < -0.39 is 0 Å². The van der Waals surface area contributed by atoms with Crippen molar-refractivity contribution in [3.05, 3.63) is 70.4 Å². The van der Waals surface area contributed by atoms with E-state index in [0.717, 1.165) is 61.1 Å². The largest absolute Gasteiger partial charge is 0.397 e. The zero-order chi connectivity index (χ0) is 19.7. The van der Waals surface area contributed by atoms with Gasteiger partial charge in [0.2, 0.25) is 0 Å². The maximum absolute atomic E-state index is 6.32. The summed E-state index contributed by atoms with van der Waals surface area (Å²) in [5.41, 5.74) is 13.4. The number of benzene rings is 2. The summed E-state index contributed by atoms with van der Waals surface area (Å²) in [6.45, 7) is 10.7. The molecule has 4 rings (SSSR count). The molecule has 0 spiro atoms. The number of rotatable bonds is 4. The molecule has 1 fully saturated rings. The molecule has 0 saturated carbocycles. The minimum Gasteiger partial charge on any atom is -0.397 e. The van der Waals surface area contributed by atoms with Crippen LogP contribution in [0, 0.1) is 6.92 Å². The third kappa shape index (κ3) is 4.06. The number of fused-ring (bicyclic) bond motifs is 1. The SMILES string of the molecule is C=C(CN1CCC(c2ccc(C)cc2)CC1)N1CCCc2cc(Cl)cc(N)c21. The van der Waals surface area contributed by atoms with Crippen LogP contribution in [-0.4, -0.2) is 31.1 Å². The Kier molecular flexibility index (Phi) is 5.65. The second kappa shape index (κ2) is 8.18. The van der Waals surface area contributed by atoms with E-state index in [1.54, 1.807) is 0 Å². The monoisotopic (exact) mass is 395 g/mol. The molecule has 3 nitrogen and oxygen atoms in total. The van der Waals surface area contributed by atoms with Crippen molar-refractivity contribution in [2.45, 2.75) is 38.5 Å². The molecule has 1 saturated heterocycles. The van der Waals surface area contributed by atoms with E-state index in [9.17, 15) is 0 Å². The Hall–Kier alpha value is -1.97. The van der Waals surface area contributed by atoms with Crippen molar-refractivity contribution in [1.29, 1.82) is 0 Å². The summed E-state index contributed by atoms with van der Waals surface area (Å²) in [6, 6.07) is 13.0. The van der Waals surface area contributed by atoms with Crippen LogP contribution in [0.2, 0.25) is 5.02 Å². The van der Waals surface area contributed by atoms with Crippen molar-refractivity contribution < 1.29 is 0 Å². The number of nitrogens with two attached hydrogens (primary N) is 1. The normalized spacial score (nSPS) is 18.1. The number of anilines is 2. The number of aryl methyl sites for hydroxylation is 2. The van der Waals surface area contributed by atoms with Gasteiger partial charge in [0.1, 0.15) is 0 Å². The number of piperidine rings is 1. The number of hydrogen-bond acceptors (Lipinski definition) is 3. The maximum Gasteiger partial charge on any atom is 0.0675 e. The summed E-state index contributed by atoms with van der Waals surface area (Å²) in [4.78, 5) is 4.85. The van der Waals surface area contributed by atoms with E-state index in [1.807, 2.05) is 6.07 Å². The van der Waals surface area contributed by atoms with Crippen molar-refractivity contribution in [3.8, 4) is 0 Å². The number of likely N-dealkylation sites (tertiary alicyclic amines) is 1. The molecule has 2 N–H and O–H groups in total. The molecule has 0 aliphatic carbocycles. The van der Waals surface area contributed by atoms with Crippen molar-refractivity contribution >= 4 is 23.0 Å². The Labute approximate surface area is 173 Å². The number of nitrogens with zero attached hydrogens (tertiary/aromatic N) is 2. The Morgan fingerprint density at radius 3 is 2.57 bits per heavy atom. The van der Waals surface area contributed by atoms with Crippen LogP contribution < -0.4 is 10.6 Å².